The number of halogens is 5. The number of pyridine rings is 1. The van der Waals surface area contributed by atoms with E-state index in [0.29, 0.717) is 6.07 Å². The van der Waals surface area contributed by atoms with Crippen LogP contribution in [0.4, 0.5) is 22.0 Å². The molecule has 1 aromatic heterocycles. The lowest BCUT2D eigenvalue weighted by molar-refractivity contribution is -0.137. The van der Waals surface area contributed by atoms with E-state index in [-0.39, 0.29) is 11.3 Å². The number of aromatic nitrogens is 1. The van der Waals surface area contributed by atoms with Crippen molar-refractivity contribution >= 4 is 0 Å². The van der Waals surface area contributed by atoms with E-state index in [1.807, 2.05) is 0 Å². The molecule has 1 aromatic carbocycles. The van der Waals surface area contributed by atoms with Gasteiger partial charge in [0, 0.05) is 17.8 Å². The maximum atomic E-state index is 13.0. The summed E-state index contributed by atoms with van der Waals surface area (Å²) in [5.74, 6) is -1.74. The largest absolute Gasteiger partial charge is 0.416 e. The Kier molecular flexibility index (Phi) is 3.02. The van der Waals surface area contributed by atoms with Gasteiger partial charge in [-0.2, -0.15) is 13.2 Å². The summed E-state index contributed by atoms with van der Waals surface area (Å²) in [7, 11) is 0. The van der Waals surface area contributed by atoms with Gasteiger partial charge < -0.3 is 0 Å². The number of benzene rings is 1. The van der Waals surface area contributed by atoms with Gasteiger partial charge in [-0.15, -0.1) is 0 Å². The summed E-state index contributed by atoms with van der Waals surface area (Å²) in [6.45, 7) is 0. The Hall–Kier alpha value is -1.98. The molecule has 1 heterocycles. The smallest absolute Gasteiger partial charge is 0.256 e. The Bertz CT molecular complexity index is 557. The molecule has 0 aliphatic rings. The molecule has 0 unspecified atom stereocenters. The molecular formula is C12H6F5N. The Morgan fingerprint density at radius 3 is 2.06 bits per heavy atom. The zero-order valence-electron chi connectivity index (χ0n) is 8.80. The molecule has 2 rings (SSSR count). The van der Waals surface area contributed by atoms with Crippen molar-refractivity contribution in [1.82, 2.24) is 4.98 Å². The Balaban J connectivity index is 2.51. The van der Waals surface area contributed by atoms with Crippen LogP contribution in [0.25, 0.3) is 11.3 Å². The van der Waals surface area contributed by atoms with E-state index in [2.05, 4.69) is 4.98 Å². The van der Waals surface area contributed by atoms with Gasteiger partial charge in [0.25, 0.3) is 0 Å². The first-order chi connectivity index (χ1) is 8.36. The molecule has 0 spiro atoms. The van der Waals surface area contributed by atoms with Crippen molar-refractivity contribution in [1.29, 1.82) is 0 Å². The lowest BCUT2D eigenvalue weighted by atomic mass is 10.1. The SMILES string of the molecule is Fc1cc(F)cc(-c2cc(C(F)(F)F)ccn2)c1. The molecule has 0 bridgehead atoms. The molecule has 0 aliphatic heterocycles. The molecule has 2 aromatic rings. The number of nitrogens with zero attached hydrogens (tertiary/aromatic N) is 1. The molecule has 0 saturated carbocycles. The lowest BCUT2D eigenvalue weighted by Gasteiger charge is -2.08. The fourth-order valence-electron chi connectivity index (χ4n) is 1.47. The van der Waals surface area contributed by atoms with E-state index in [9.17, 15) is 22.0 Å². The second-order valence-electron chi connectivity index (χ2n) is 3.59. The third kappa shape index (κ3) is 2.64. The highest BCUT2D eigenvalue weighted by atomic mass is 19.4. The van der Waals surface area contributed by atoms with Crippen LogP contribution < -0.4 is 0 Å². The first kappa shape index (κ1) is 12.5. The van der Waals surface area contributed by atoms with Crippen molar-refractivity contribution < 1.29 is 22.0 Å². The van der Waals surface area contributed by atoms with Gasteiger partial charge in [-0.3, -0.25) is 4.98 Å². The topological polar surface area (TPSA) is 12.9 Å². The second kappa shape index (κ2) is 4.36. The minimum absolute atomic E-state index is 0.0430. The van der Waals surface area contributed by atoms with Crippen molar-refractivity contribution in [3.63, 3.8) is 0 Å². The zero-order valence-corrected chi connectivity index (χ0v) is 8.80. The van der Waals surface area contributed by atoms with Crippen molar-refractivity contribution in [2.24, 2.45) is 0 Å². The monoisotopic (exact) mass is 259 g/mol. The predicted molar refractivity (Wildman–Crippen MR) is 54.6 cm³/mol. The molecule has 0 amide bonds. The summed E-state index contributed by atoms with van der Waals surface area (Å²) in [6, 6.07) is 4.02. The molecule has 0 atom stereocenters. The van der Waals surface area contributed by atoms with Crippen LogP contribution in [0.15, 0.2) is 36.5 Å². The molecule has 1 nitrogen and oxygen atoms in total. The number of alkyl halides is 3. The molecule has 0 fully saturated rings. The van der Waals surface area contributed by atoms with E-state index in [4.69, 9.17) is 0 Å². The number of hydrogen-bond donors (Lipinski definition) is 0. The van der Waals surface area contributed by atoms with Gasteiger partial charge in [0.05, 0.1) is 11.3 Å². The molecule has 0 saturated heterocycles. The maximum Gasteiger partial charge on any atom is 0.416 e. The quantitative estimate of drug-likeness (QED) is 0.704. The summed E-state index contributed by atoms with van der Waals surface area (Å²) in [5.41, 5.74) is -1.10. The van der Waals surface area contributed by atoms with Crippen LogP contribution in [0.1, 0.15) is 5.56 Å². The Morgan fingerprint density at radius 2 is 1.50 bits per heavy atom. The predicted octanol–water partition coefficient (Wildman–Crippen LogP) is 4.05. The minimum Gasteiger partial charge on any atom is -0.256 e. The molecule has 18 heavy (non-hydrogen) atoms. The zero-order chi connectivity index (χ0) is 13.3. The van der Waals surface area contributed by atoms with E-state index in [0.717, 1.165) is 30.5 Å². The minimum atomic E-state index is -4.52. The highest BCUT2D eigenvalue weighted by Crippen LogP contribution is 2.31. The highest BCUT2D eigenvalue weighted by Gasteiger charge is 2.30. The van der Waals surface area contributed by atoms with Gasteiger partial charge in [-0.1, -0.05) is 0 Å². The van der Waals surface area contributed by atoms with Gasteiger partial charge in [0.1, 0.15) is 11.6 Å². The molecule has 94 valence electrons. The van der Waals surface area contributed by atoms with Crippen molar-refractivity contribution in [2.75, 3.05) is 0 Å². The van der Waals surface area contributed by atoms with Gasteiger partial charge in [-0.25, -0.2) is 8.78 Å². The standard InChI is InChI=1S/C12H6F5N/c13-9-3-7(4-10(14)6-9)11-5-8(1-2-18-11)12(15,16)17/h1-6H. The lowest BCUT2D eigenvalue weighted by Crippen LogP contribution is -2.05. The van der Waals surface area contributed by atoms with Gasteiger partial charge in [-0.05, 0) is 24.3 Å². The maximum absolute atomic E-state index is 13.0. The number of hydrogen-bond acceptors (Lipinski definition) is 1. The third-order valence-electron chi connectivity index (χ3n) is 2.25. The van der Waals surface area contributed by atoms with Crippen LogP contribution >= 0.6 is 0 Å². The van der Waals surface area contributed by atoms with E-state index < -0.39 is 23.4 Å². The fourth-order valence-corrected chi connectivity index (χ4v) is 1.47. The summed E-state index contributed by atoms with van der Waals surface area (Å²) in [6.07, 6.45) is -3.58. The van der Waals surface area contributed by atoms with E-state index in [1.54, 1.807) is 0 Å². The first-order valence-corrected chi connectivity index (χ1v) is 4.86. The van der Waals surface area contributed by atoms with Crippen LogP contribution in [-0.2, 0) is 6.18 Å². The Labute approximate surface area is 98.9 Å². The van der Waals surface area contributed by atoms with Crippen molar-refractivity contribution in [3.8, 4) is 11.3 Å². The highest BCUT2D eigenvalue weighted by molar-refractivity contribution is 5.60. The fraction of sp³-hybridized carbons (Fsp3) is 0.0833. The van der Waals surface area contributed by atoms with Crippen molar-refractivity contribution in [3.05, 3.63) is 53.7 Å². The van der Waals surface area contributed by atoms with Crippen LogP contribution in [0, 0.1) is 11.6 Å². The molecule has 6 heteroatoms. The van der Waals surface area contributed by atoms with Crippen LogP contribution in [0.2, 0.25) is 0 Å². The van der Waals surface area contributed by atoms with Crippen molar-refractivity contribution in [2.45, 2.75) is 6.18 Å². The molecule has 0 N–H and O–H groups in total. The molecular weight excluding hydrogens is 253 g/mol. The summed E-state index contributed by atoms with van der Waals surface area (Å²) in [5, 5.41) is 0. The molecule has 0 aliphatic carbocycles. The second-order valence-corrected chi connectivity index (χ2v) is 3.59. The van der Waals surface area contributed by atoms with Crippen LogP contribution in [-0.4, -0.2) is 4.98 Å². The average Bonchev–Trinajstić information content (AvgIpc) is 2.27. The Morgan fingerprint density at radius 1 is 0.889 bits per heavy atom. The van der Waals surface area contributed by atoms with Crippen LogP contribution in [0.5, 0.6) is 0 Å². The molecule has 0 radical (unpaired) electrons. The first-order valence-electron chi connectivity index (χ1n) is 4.86. The van der Waals surface area contributed by atoms with Gasteiger partial charge >= 0.3 is 6.18 Å². The van der Waals surface area contributed by atoms with Gasteiger partial charge in [0.15, 0.2) is 0 Å². The van der Waals surface area contributed by atoms with Crippen LogP contribution in [0.3, 0.4) is 0 Å². The summed E-state index contributed by atoms with van der Waals surface area (Å²) < 4.78 is 63.3. The summed E-state index contributed by atoms with van der Waals surface area (Å²) in [4.78, 5) is 3.67. The normalized spacial score (nSPS) is 11.6. The third-order valence-corrected chi connectivity index (χ3v) is 2.25. The number of rotatable bonds is 1. The summed E-state index contributed by atoms with van der Waals surface area (Å²) >= 11 is 0. The average molecular weight is 259 g/mol. The van der Waals surface area contributed by atoms with Gasteiger partial charge in [0.2, 0.25) is 0 Å². The van der Waals surface area contributed by atoms with E-state index >= 15 is 0 Å². The van der Waals surface area contributed by atoms with E-state index in [1.165, 1.54) is 0 Å².